The zero-order valence-electron chi connectivity index (χ0n) is 14.3. The van der Waals surface area contributed by atoms with Gasteiger partial charge in [0, 0.05) is 24.0 Å². The summed E-state index contributed by atoms with van der Waals surface area (Å²) >= 11 is 0. The van der Waals surface area contributed by atoms with E-state index in [4.69, 9.17) is 0 Å². The smallest absolute Gasteiger partial charge is 0.251 e. The van der Waals surface area contributed by atoms with Gasteiger partial charge in [-0.25, -0.2) is 8.42 Å². The molecule has 0 bridgehead atoms. The number of fused-ring (bicyclic) bond motifs is 1. The molecule has 1 fully saturated rings. The largest absolute Gasteiger partial charge is 0.348 e. The Morgan fingerprint density at radius 3 is 2.77 bits per heavy atom. The predicted molar refractivity (Wildman–Crippen MR) is 101 cm³/mol. The van der Waals surface area contributed by atoms with Gasteiger partial charge in [0.25, 0.3) is 5.91 Å². The summed E-state index contributed by atoms with van der Waals surface area (Å²) in [5, 5.41) is 8.12. The van der Waals surface area contributed by atoms with Gasteiger partial charge in [0.05, 0.1) is 23.2 Å². The Morgan fingerprint density at radius 2 is 2.00 bits per heavy atom. The van der Waals surface area contributed by atoms with E-state index in [1.165, 1.54) is 0 Å². The van der Waals surface area contributed by atoms with Crippen molar-refractivity contribution in [3.63, 3.8) is 0 Å². The van der Waals surface area contributed by atoms with Crippen molar-refractivity contribution in [1.82, 2.24) is 15.1 Å². The van der Waals surface area contributed by atoms with Crippen LogP contribution in [-0.4, -0.2) is 41.7 Å². The summed E-state index contributed by atoms with van der Waals surface area (Å²) in [4.78, 5) is 12.5. The second-order valence-corrected chi connectivity index (χ2v) is 8.92. The molecule has 1 aliphatic rings. The molecule has 0 spiro atoms. The zero-order valence-corrected chi connectivity index (χ0v) is 15.2. The number of nitrogens with one attached hydrogen (secondary N) is 1. The first kappa shape index (κ1) is 16.8. The molecule has 3 aromatic rings. The Labute approximate surface area is 151 Å². The molecule has 7 heteroatoms. The number of sulfone groups is 1. The van der Waals surface area contributed by atoms with E-state index in [9.17, 15) is 13.2 Å². The number of amides is 1. The summed E-state index contributed by atoms with van der Waals surface area (Å²) in [6, 6.07) is 13.1. The van der Waals surface area contributed by atoms with Crippen molar-refractivity contribution < 1.29 is 13.2 Å². The third kappa shape index (κ3) is 3.22. The van der Waals surface area contributed by atoms with Crippen LogP contribution in [0.2, 0.25) is 0 Å². The molecule has 1 aliphatic heterocycles. The fourth-order valence-corrected chi connectivity index (χ4v) is 5.03. The van der Waals surface area contributed by atoms with E-state index in [1.54, 1.807) is 6.07 Å². The van der Waals surface area contributed by atoms with Gasteiger partial charge in [0.15, 0.2) is 9.84 Å². The van der Waals surface area contributed by atoms with Gasteiger partial charge in [0.1, 0.15) is 0 Å². The van der Waals surface area contributed by atoms with E-state index < -0.39 is 9.84 Å². The highest BCUT2D eigenvalue weighted by Gasteiger charge is 2.29. The summed E-state index contributed by atoms with van der Waals surface area (Å²) in [5.74, 6) is -0.0735. The fourth-order valence-electron chi connectivity index (χ4n) is 3.36. The van der Waals surface area contributed by atoms with Crippen LogP contribution in [0.3, 0.4) is 0 Å². The van der Waals surface area contributed by atoms with Crippen molar-refractivity contribution in [3.8, 4) is 11.1 Å². The lowest BCUT2D eigenvalue weighted by molar-refractivity contribution is 0.0941. The fraction of sp³-hybridized carbons (Fsp3) is 0.263. The molecule has 2 aromatic carbocycles. The Kier molecular flexibility index (Phi) is 4.03. The summed E-state index contributed by atoms with van der Waals surface area (Å²) in [6.07, 6.45) is 2.29. The lowest BCUT2D eigenvalue weighted by Gasteiger charge is -2.11. The van der Waals surface area contributed by atoms with Gasteiger partial charge in [-0.3, -0.25) is 9.48 Å². The molecule has 4 rings (SSSR count). The average Bonchev–Trinajstić information content (AvgIpc) is 3.16. The standard InChI is InChI=1S/C19H19N3O3S/c1-22-18-6-5-14(10-16(18)11-20-22)13-3-2-4-15(9-13)19(23)21-17-7-8-26(24,25)12-17/h2-6,9-11,17H,7-8,12H2,1H3,(H,21,23)/t17-/m0/s1. The third-order valence-electron chi connectivity index (χ3n) is 4.77. The van der Waals surface area contributed by atoms with Crippen LogP contribution >= 0.6 is 0 Å². The first-order valence-electron chi connectivity index (χ1n) is 8.45. The topological polar surface area (TPSA) is 81.1 Å². The number of benzene rings is 2. The number of nitrogens with zero attached hydrogens (tertiary/aromatic N) is 2. The summed E-state index contributed by atoms with van der Waals surface area (Å²) in [6.45, 7) is 0. The second kappa shape index (κ2) is 6.25. The molecule has 1 atom stereocenters. The first-order valence-corrected chi connectivity index (χ1v) is 10.3. The maximum Gasteiger partial charge on any atom is 0.251 e. The number of aryl methyl sites for hydroxylation is 1. The Hall–Kier alpha value is -2.67. The molecule has 2 heterocycles. The number of carbonyl (C=O) groups excluding carboxylic acids is 1. The number of rotatable bonds is 3. The van der Waals surface area contributed by atoms with Crippen molar-refractivity contribution in [2.24, 2.45) is 7.05 Å². The first-order chi connectivity index (χ1) is 12.4. The van der Waals surface area contributed by atoms with Gasteiger partial charge in [-0.05, 0) is 41.8 Å². The highest BCUT2D eigenvalue weighted by Crippen LogP contribution is 2.25. The van der Waals surface area contributed by atoms with Crippen molar-refractivity contribution in [1.29, 1.82) is 0 Å². The molecule has 1 aromatic heterocycles. The van der Waals surface area contributed by atoms with E-state index in [2.05, 4.69) is 10.4 Å². The van der Waals surface area contributed by atoms with Crippen molar-refractivity contribution in [2.45, 2.75) is 12.5 Å². The minimum Gasteiger partial charge on any atom is -0.348 e. The Bertz CT molecular complexity index is 1100. The minimum absolute atomic E-state index is 0.0239. The van der Waals surface area contributed by atoms with Crippen LogP contribution in [0.15, 0.2) is 48.7 Å². The Balaban J connectivity index is 1.58. The van der Waals surface area contributed by atoms with Gasteiger partial charge in [-0.15, -0.1) is 0 Å². The molecule has 0 aliphatic carbocycles. The van der Waals surface area contributed by atoms with E-state index in [0.717, 1.165) is 22.0 Å². The molecule has 26 heavy (non-hydrogen) atoms. The summed E-state index contributed by atoms with van der Waals surface area (Å²) < 4.78 is 24.9. The van der Waals surface area contributed by atoms with Gasteiger partial charge in [-0.2, -0.15) is 5.10 Å². The van der Waals surface area contributed by atoms with Crippen molar-refractivity contribution in [3.05, 3.63) is 54.2 Å². The molecule has 1 saturated heterocycles. The molecule has 0 saturated carbocycles. The highest BCUT2D eigenvalue weighted by atomic mass is 32.2. The maximum atomic E-state index is 12.5. The van der Waals surface area contributed by atoms with Crippen LogP contribution in [-0.2, 0) is 16.9 Å². The lowest BCUT2D eigenvalue weighted by Crippen LogP contribution is -2.35. The van der Waals surface area contributed by atoms with Gasteiger partial charge < -0.3 is 5.32 Å². The lowest BCUT2D eigenvalue weighted by atomic mass is 10.0. The maximum absolute atomic E-state index is 12.5. The minimum atomic E-state index is -3.02. The zero-order chi connectivity index (χ0) is 18.3. The van der Waals surface area contributed by atoms with Gasteiger partial charge >= 0.3 is 0 Å². The molecule has 0 unspecified atom stereocenters. The number of aromatic nitrogens is 2. The second-order valence-electron chi connectivity index (χ2n) is 6.70. The van der Waals surface area contributed by atoms with Gasteiger partial charge in [-0.1, -0.05) is 18.2 Å². The number of hydrogen-bond acceptors (Lipinski definition) is 4. The number of hydrogen-bond donors (Lipinski definition) is 1. The average molecular weight is 369 g/mol. The third-order valence-corrected chi connectivity index (χ3v) is 6.54. The Morgan fingerprint density at radius 1 is 1.19 bits per heavy atom. The van der Waals surface area contributed by atoms with E-state index in [-0.39, 0.29) is 23.5 Å². The highest BCUT2D eigenvalue weighted by molar-refractivity contribution is 7.91. The molecule has 134 valence electrons. The molecular weight excluding hydrogens is 350 g/mol. The quantitative estimate of drug-likeness (QED) is 0.767. The van der Waals surface area contributed by atoms with E-state index >= 15 is 0 Å². The van der Waals surface area contributed by atoms with Gasteiger partial charge in [0.2, 0.25) is 0 Å². The van der Waals surface area contributed by atoms with Crippen LogP contribution in [0.1, 0.15) is 16.8 Å². The van der Waals surface area contributed by atoms with Crippen LogP contribution in [0.4, 0.5) is 0 Å². The number of carbonyl (C=O) groups is 1. The van der Waals surface area contributed by atoms with Crippen LogP contribution in [0.5, 0.6) is 0 Å². The normalized spacial score (nSPS) is 18.9. The molecule has 6 nitrogen and oxygen atoms in total. The summed E-state index contributed by atoms with van der Waals surface area (Å²) in [7, 11) is -1.12. The monoisotopic (exact) mass is 369 g/mol. The molecule has 1 N–H and O–H groups in total. The molecular formula is C19H19N3O3S. The predicted octanol–water partition coefficient (Wildman–Crippen LogP) is 2.16. The molecule has 0 radical (unpaired) electrons. The van der Waals surface area contributed by atoms with E-state index in [0.29, 0.717) is 12.0 Å². The molecule has 1 amide bonds. The van der Waals surface area contributed by atoms with Crippen molar-refractivity contribution >= 4 is 26.6 Å². The summed E-state index contributed by atoms with van der Waals surface area (Å²) in [5.41, 5.74) is 3.51. The SMILES string of the molecule is Cn1ncc2cc(-c3cccc(C(=O)N[C@H]4CCS(=O)(=O)C4)c3)ccc21. The van der Waals surface area contributed by atoms with E-state index in [1.807, 2.05) is 54.3 Å². The van der Waals surface area contributed by atoms with Crippen LogP contribution in [0.25, 0.3) is 22.0 Å². The van der Waals surface area contributed by atoms with Crippen LogP contribution < -0.4 is 5.32 Å². The van der Waals surface area contributed by atoms with Crippen LogP contribution in [0, 0.1) is 0 Å². The van der Waals surface area contributed by atoms with Crippen molar-refractivity contribution in [2.75, 3.05) is 11.5 Å².